The Kier molecular flexibility index (Phi) is 6.81. The lowest BCUT2D eigenvalue weighted by Gasteiger charge is -2.32. The lowest BCUT2D eigenvalue weighted by Crippen LogP contribution is -2.37. The second-order valence-electron chi connectivity index (χ2n) is 8.00. The molecule has 1 aliphatic heterocycles. The molecule has 184 valence electrons. The van der Waals surface area contributed by atoms with Gasteiger partial charge in [0.25, 0.3) is 5.91 Å². The molecule has 0 atom stereocenters. The fourth-order valence-corrected chi connectivity index (χ4v) is 4.69. The van der Waals surface area contributed by atoms with Crippen molar-refractivity contribution in [2.45, 2.75) is 23.4 Å². The van der Waals surface area contributed by atoms with Crippen molar-refractivity contribution in [2.75, 3.05) is 28.6 Å². The largest absolute Gasteiger partial charge is 0.356 e. The quantitative estimate of drug-likeness (QED) is 0.223. The predicted octanol–water partition coefficient (Wildman–Crippen LogP) is 6.91. The molecule has 0 spiro atoms. The third-order valence-corrected chi connectivity index (χ3v) is 6.75. The van der Waals surface area contributed by atoms with Crippen LogP contribution in [-0.2, 0) is 0 Å². The van der Waals surface area contributed by atoms with Crippen LogP contribution < -0.4 is 15.5 Å². The highest BCUT2D eigenvalue weighted by Gasteiger charge is 2.19. The van der Waals surface area contributed by atoms with Crippen molar-refractivity contribution in [2.24, 2.45) is 0 Å². The van der Waals surface area contributed by atoms with E-state index in [1.54, 1.807) is 18.2 Å². The van der Waals surface area contributed by atoms with Gasteiger partial charge < -0.3 is 15.5 Å². The monoisotopic (exact) mass is 531 g/mol. The molecular formula is C24H27Cl2N7OS. The zero-order valence-corrected chi connectivity index (χ0v) is 21.0. The number of nitrogens with zero attached hydrogens (tertiary/aromatic N) is 4. The van der Waals surface area contributed by atoms with E-state index in [0.29, 0.717) is 38.1 Å². The van der Waals surface area contributed by atoms with Crippen LogP contribution in [0, 0.1) is 6.92 Å². The van der Waals surface area contributed by atoms with Gasteiger partial charge in [-0.05, 0) is 67.6 Å². The van der Waals surface area contributed by atoms with Crippen molar-refractivity contribution in [1.29, 1.82) is 0 Å². The third kappa shape index (κ3) is 5.70. The van der Waals surface area contributed by atoms with Crippen LogP contribution in [0.25, 0.3) is 0 Å². The number of carbonyl (C=O) groups is 1. The topological polar surface area (TPSA) is 98.8 Å². The molecule has 35 heavy (non-hydrogen) atoms. The van der Waals surface area contributed by atoms with E-state index in [1.807, 2.05) is 43.3 Å². The maximum atomic E-state index is 12.6. The SMILES string of the molecule is Cc1cc(Nc2cc(N3CCC3)nc(Sc3ccc(NC(=O)c4ccc(Cl)cc4Cl)cc3)n2)n[nH]1.[HH].[HH].[HH]. The van der Waals surface area contributed by atoms with Crippen molar-refractivity contribution in [3.63, 3.8) is 0 Å². The first kappa shape index (κ1) is 23.5. The van der Waals surface area contributed by atoms with Gasteiger partial charge in [0.2, 0.25) is 0 Å². The van der Waals surface area contributed by atoms with E-state index < -0.39 is 0 Å². The number of hydrogen-bond donors (Lipinski definition) is 3. The minimum absolute atomic E-state index is 0. The maximum absolute atomic E-state index is 12.6. The summed E-state index contributed by atoms with van der Waals surface area (Å²) in [5.41, 5.74) is 1.97. The van der Waals surface area contributed by atoms with Crippen molar-refractivity contribution in [1.82, 2.24) is 20.2 Å². The van der Waals surface area contributed by atoms with E-state index >= 15 is 0 Å². The molecule has 4 aromatic rings. The Labute approximate surface area is 220 Å². The normalized spacial score (nSPS) is 12.8. The summed E-state index contributed by atoms with van der Waals surface area (Å²) in [6, 6.07) is 16.1. The molecule has 1 fully saturated rings. The Balaban J connectivity index is 0.00000169. The fraction of sp³-hybridized carbons (Fsp3) is 0.167. The van der Waals surface area contributed by atoms with Gasteiger partial charge in [-0.2, -0.15) is 5.10 Å². The summed E-state index contributed by atoms with van der Waals surface area (Å²) >= 11 is 13.5. The predicted molar refractivity (Wildman–Crippen MR) is 147 cm³/mol. The van der Waals surface area contributed by atoms with Crippen LogP contribution in [0.4, 0.5) is 23.1 Å². The molecule has 1 aliphatic rings. The fourth-order valence-electron chi connectivity index (χ4n) is 3.43. The Bertz CT molecular complexity index is 1390. The first-order chi connectivity index (χ1) is 16.9. The summed E-state index contributed by atoms with van der Waals surface area (Å²) in [5.74, 6) is 1.96. The number of carbonyl (C=O) groups excluding carboxylic acids is 1. The average molecular weight is 533 g/mol. The molecule has 0 bridgehead atoms. The summed E-state index contributed by atoms with van der Waals surface area (Å²) in [5, 5.41) is 14.7. The number of aryl methyl sites for hydroxylation is 1. The van der Waals surface area contributed by atoms with Gasteiger partial charge in [0.05, 0.1) is 10.6 Å². The van der Waals surface area contributed by atoms with E-state index in [9.17, 15) is 4.79 Å². The molecule has 2 aromatic heterocycles. The van der Waals surface area contributed by atoms with Crippen LogP contribution in [0.3, 0.4) is 0 Å². The second-order valence-corrected chi connectivity index (χ2v) is 9.88. The van der Waals surface area contributed by atoms with Crippen molar-refractivity contribution >= 4 is 64.0 Å². The molecule has 0 unspecified atom stereocenters. The average Bonchev–Trinajstić information content (AvgIpc) is 3.18. The van der Waals surface area contributed by atoms with Crippen molar-refractivity contribution in [3.8, 4) is 0 Å². The van der Waals surface area contributed by atoms with Crippen molar-refractivity contribution in [3.05, 3.63) is 75.9 Å². The number of rotatable bonds is 7. The van der Waals surface area contributed by atoms with Crippen molar-refractivity contribution < 1.29 is 9.07 Å². The molecule has 8 nitrogen and oxygen atoms in total. The number of hydrogen-bond acceptors (Lipinski definition) is 7. The first-order valence-electron chi connectivity index (χ1n) is 10.9. The van der Waals surface area contributed by atoms with E-state index in [2.05, 4.69) is 30.7 Å². The summed E-state index contributed by atoms with van der Waals surface area (Å²) in [4.78, 5) is 25.1. The molecule has 0 saturated carbocycles. The lowest BCUT2D eigenvalue weighted by molar-refractivity contribution is 0.102. The van der Waals surface area contributed by atoms with Gasteiger partial charge in [0.1, 0.15) is 11.6 Å². The molecule has 5 rings (SSSR count). The minimum atomic E-state index is -0.304. The molecule has 1 saturated heterocycles. The van der Waals surface area contributed by atoms with E-state index in [1.165, 1.54) is 11.8 Å². The van der Waals surface area contributed by atoms with Gasteiger partial charge >= 0.3 is 0 Å². The summed E-state index contributed by atoms with van der Waals surface area (Å²) < 4.78 is 0. The molecule has 0 aliphatic carbocycles. The Morgan fingerprint density at radius 3 is 2.51 bits per heavy atom. The second kappa shape index (κ2) is 10.2. The van der Waals surface area contributed by atoms with Gasteiger partial charge in [0, 0.05) is 50.8 Å². The zero-order valence-electron chi connectivity index (χ0n) is 18.7. The zero-order chi connectivity index (χ0) is 24.4. The minimum Gasteiger partial charge on any atom is -0.356 e. The molecule has 3 heterocycles. The van der Waals surface area contributed by atoms with E-state index in [-0.39, 0.29) is 10.2 Å². The van der Waals surface area contributed by atoms with Crippen LogP contribution in [-0.4, -0.2) is 39.2 Å². The number of nitrogens with one attached hydrogen (secondary N) is 3. The number of aromatic amines is 1. The Hall–Kier alpha value is -3.27. The Morgan fingerprint density at radius 2 is 1.86 bits per heavy atom. The molecular weight excluding hydrogens is 505 g/mol. The van der Waals surface area contributed by atoms with E-state index in [0.717, 1.165) is 35.9 Å². The third-order valence-electron chi connectivity index (χ3n) is 5.33. The van der Waals surface area contributed by atoms with Gasteiger partial charge in [-0.1, -0.05) is 23.2 Å². The molecule has 2 aromatic carbocycles. The molecule has 11 heteroatoms. The number of benzene rings is 2. The van der Waals surface area contributed by atoms with Gasteiger partial charge in [-0.25, -0.2) is 9.97 Å². The number of halogens is 2. The maximum Gasteiger partial charge on any atom is 0.257 e. The van der Waals surface area contributed by atoms with E-state index in [4.69, 9.17) is 28.2 Å². The number of aromatic nitrogens is 4. The summed E-state index contributed by atoms with van der Waals surface area (Å²) in [6.45, 7) is 3.91. The number of anilines is 4. The highest BCUT2D eigenvalue weighted by Crippen LogP contribution is 2.31. The molecule has 3 N–H and O–H groups in total. The highest BCUT2D eigenvalue weighted by molar-refractivity contribution is 7.99. The highest BCUT2D eigenvalue weighted by atomic mass is 35.5. The number of amides is 1. The van der Waals surface area contributed by atoms with Gasteiger partial charge in [-0.15, -0.1) is 0 Å². The summed E-state index contributed by atoms with van der Waals surface area (Å²) in [6.07, 6.45) is 1.15. The number of H-pyrrole nitrogens is 1. The van der Waals surface area contributed by atoms with Crippen LogP contribution >= 0.6 is 35.0 Å². The van der Waals surface area contributed by atoms with Crippen LogP contribution in [0.1, 0.15) is 26.8 Å². The summed E-state index contributed by atoms with van der Waals surface area (Å²) in [7, 11) is 0. The first-order valence-corrected chi connectivity index (χ1v) is 12.5. The lowest BCUT2D eigenvalue weighted by atomic mass is 10.2. The van der Waals surface area contributed by atoms with Crippen LogP contribution in [0.5, 0.6) is 0 Å². The van der Waals surface area contributed by atoms with Crippen LogP contribution in [0.15, 0.2) is 64.6 Å². The smallest absolute Gasteiger partial charge is 0.257 e. The van der Waals surface area contributed by atoms with Gasteiger partial charge in [0.15, 0.2) is 11.0 Å². The molecule has 1 amide bonds. The Morgan fingerprint density at radius 1 is 1.06 bits per heavy atom. The van der Waals surface area contributed by atoms with Crippen LogP contribution in [0.2, 0.25) is 10.0 Å². The van der Waals surface area contributed by atoms with Gasteiger partial charge in [-0.3, -0.25) is 9.89 Å². The molecule has 0 radical (unpaired) electrons. The standard InChI is InChI=1S/C24H21Cl2N7OS.3H2/c1-14-11-21(32-31-14)28-20-13-22(33-9-2-10-33)30-24(29-20)35-17-6-4-16(5-7-17)27-23(34)18-8-3-15(25)12-19(18)26;;;/h3-8,11-13H,2,9-10H2,1H3,(H,27,34)(H2,28,29,30,31,32);3*1H.